The second-order valence-corrected chi connectivity index (χ2v) is 7.29. The van der Waals surface area contributed by atoms with Crippen molar-refractivity contribution >= 4 is 28.4 Å². The molecule has 2 aromatic heterocycles. The molecule has 0 bridgehead atoms. The maximum absolute atomic E-state index is 13.3. The fourth-order valence-corrected chi connectivity index (χ4v) is 3.57. The van der Waals surface area contributed by atoms with Gasteiger partial charge in [0.25, 0.3) is 5.91 Å². The molecule has 0 aliphatic rings. The number of ketones is 1. The summed E-state index contributed by atoms with van der Waals surface area (Å²) < 4.78 is 6.99. The Balaban J connectivity index is 1.83. The number of carbonyl (C=O) groups excluding carboxylic acids is 2. The van der Waals surface area contributed by atoms with E-state index in [2.05, 4.69) is 10.4 Å². The first kappa shape index (κ1) is 20.3. The van der Waals surface area contributed by atoms with Gasteiger partial charge < -0.3 is 10.1 Å². The molecular formula is C24H22N4O3. The first-order valence-corrected chi connectivity index (χ1v) is 9.78. The highest BCUT2D eigenvalue weighted by Gasteiger charge is 2.20. The molecule has 4 aromatic rings. The molecule has 2 heterocycles. The van der Waals surface area contributed by atoms with Crippen LogP contribution in [0.2, 0.25) is 0 Å². The Labute approximate surface area is 179 Å². The summed E-state index contributed by atoms with van der Waals surface area (Å²) in [7, 11) is 3.41. The van der Waals surface area contributed by atoms with Crippen LogP contribution >= 0.6 is 0 Å². The number of nitrogens with one attached hydrogen (secondary N) is 1. The smallest absolute Gasteiger partial charge is 0.256 e. The van der Waals surface area contributed by atoms with Crippen LogP contribution in [0.25, 0.3) is 22.3 Å². The van der Waals surface area contributed by atoms with Gasteiger partial charge in [-0.1, -0.05) is 24.3 Å². The van der Waals surface area contributed by atoms with Crippen molar-refractivity contribution in [1.29, 1.82) is 0 Å². The number of aryl methyl sites for hydroxylation is 2. The second-order valence-electron chi connectivity index (χ2n) is 7.29. The third kappa shape index (κ3) is 3.90. The zero-order chi connectivity index (χ0) is 22.1. The Hall–Kier alpha value is -4.00. The number of ether oxygens (including phenoxy) is 1. The van der Waals surface area contributed by atoms with Gasteiger partial charge in [0.05, 0.1) is 29.4 Å². The van der Waals surface area contributed by atoms with E-state index in [1.165, 1.54) is 6.92 Å². The lowest BCUT2D eigenvalue weighted by Gasteiger charge is -2.11. The first-order valence-electron chi connectivity index (χ1n) is 9.78. The van der Waals surface area contributed by atoms with Crippen LogP contribution in [0.1, 0.15) is 33.3 Å². The molecule has 0 radical (unpaired) electrons. The summed E-state index contributed by atoms with van der Waals surface area (Å²) in [6, 6.07) is 16.1. The Morgan fingerprint density at radius 2 is 1.84 bits per heavy atom. The number of benzene rings is 2. The molecule has 2 aromatic carbocycles. The highest BCUT2D eigenvalue weighted by atomic mass is 16.5. The highest BCUT2D eigenvalue weighted by Crippen LogP contribution is 2.29. The Morgan fingerprint density at radius 1 is 1.06 bits per heavy atom. The predicted octanol–water partition coefficient (Wildman–Crippen LogP) is 4.41. The fraction of sp³-hybridized carbons (Fsp3) is 0.167. The van der Waals surface area contributed by atoms with E-state index < -0.39 is 0 Å². The van der Waals surface area contributed by atoms with Crippen LogP contribution in [0, 0.1) is 6.92 Å². The number of hydrogen-bond acceptors (Lipinski definition) is 5. The summed E-state index contributed by atoms with van der Waals surface area (Å²) >= 11 is 0. The zero-order valence-electron chi connectivity index (χ0n) is 17.8. The van der Waals surface area contributed by atoms with Crippen molar-refractivity contribution in [3.05, 3.63) is 71.4 Å². The lowest BCUT2D eigenvalue weighted by atomic mass is 10.0. The van der Waals surface area contributed by atoms with Crippen LogP contribution in [0.5, 0.6) is 5.75 Å². The summed E-state index contributed by atoms with van der Waals surface area (Å²) in [6.45, 7) is 3.34. The van der Waals surface area contributed by atoms with E-state index in [1.807, 2.05) is 31.2 Å². The molecular weight excluding hydrogens is 392 g/mol. The maximum Gasteiger partial charge on any atom is 0.256 e. The van der Waals surface area contributed by atoms with Crippen molar-refractivity contribution in [3.8, 4) is 17.0 Å². The number of rotatable bonds is 5. The average Bonchev–Trinajstić information content (AvgIpc) is 3.06. The number of fused-ring (bicyclic) bond motifs is 1. The van der Waals surface area contributed by atoms with Gasteiger partial charge in [-0.3, -0.25) is 14.3 Å². The Bertz CT molecular complexity index is 1320. The van der Waals surface area contributed by atoms with Gasteiger partial charge in [0.1, 0.15) is 5.75 Å². The minimum atomic E-state index is -0.298. The van der Waals surface area contributed by atoms with E-state index in [1.54, 1.807) is 49.2 Å². The van der Waals surface area contributed by atoms with Gasteiger partial charge in [-0.05, 0) is 44.2 Å². The van der Waals surface area contributed by atoms with E-state index in [0.29, 0.717) is 45.0 Å². The summed E-state index contributed by atoms with van der Waals surface area (Å²) in [6.07, 6.45) is 0. The first-order chi connectivity index (χ1) is 14.9. The number of amides is 1. The second kappa shape index (κ2) is 8.02. The van der Waals surface area contributed by atoms with Gasteiger partial charge in [0.2, 0.25) is 0 Å². The van der Waals surface area contributed by atoms with Crippen LogP contribution < -0.4 is 10.1 Å². The topological polar surface area (TPSA) is 86.1 Å². The number of pyridine rings is 1. The molecule has 0 spiro atoms. The molecule has 31 heavy (non-hydrogen) atoms. The monoisotopic (exact) mass is 414 g/mol. The predicted molar refractivity (Wildman–Crippen MR) is 120 cm³/mol. The summed E-state index contributed by atoms with van der Waals surface area (Å²) in [5.41, 5.74) is 4.33. The van der Waals surface area contributed by atoms with Gasteiger partial charge >= 0.3 is 0 Å². The molecule has 4 rings (SSSR count). The largest absolute Gasteiger partial charge is 0.497 e. The van der Waals surface area contributed by atoms with Gasteiger partial charge in [-0.15, -0.1) is 0 Å². The molecule has 1 N–H and O–H groups in total. The van der Waals surface area contributed by atoms with Gasteiger partial charge in [-0.2, -0.15) is 5.10 Å². The number of methoxy groups -OCH3 is 1. The van der Waals surface area contributed by atoms with E-state index in [0.717, 1.165) is 5.56 Å². The maximum atomic E-state index is 13.3. The summed E-state index contributed by atoms with van der Waals surface area (Å²) in [5.74, 6) is 0.340. The molecule has 0 saturated heterocycles. The minimum absolute atomic E-state index is 0.0641. The third-order valence-electron chi connectivity index (χ3n) is 5.11. The zero-order valence-corrected chi connectivity index (χ0v) is 17.8. The van der Waals surface area contributed by atoms with Crippen molar-refractivity contribution in [2.45, 2.75) is 13.8 Å². The van der Waals surface area contributed by atoms with Crippen molar-refractivity contribution in [2.24, 2.45) is 7.05 Å². The van der Waals surface area contributed by atoms with Crippen LogP contribution in [0.3, 0.4) is 0 Å². The molecule has 0 saturated carbocycles. The molecule has 156 valence electrons. The molecule has 1 amide bonds. The normalized spacial score (nSPS) is 10.8. The average molecular weight is 414 g/mol. The van der Waals surface area contributed by atoms with E-state index in [-0.39, 0.29) is 11.7 Å². The van der Waals surface area contributed by atoms with Crippen LogP contribution in [-0.4, -0.2) is 33.6 Å². The van der Waals surface area contributed by atoms with Crippen molar-refractivity contribution in [2.75, 3.05) is 12.4 Å². The third-order valence-corrected chi connectivity index (χ3v) is 5.11. The van der Waals surface area contributed by atoms with Crippen molar-refractivity contribution in [3.63, 3.8) is 0 Å². The number of aromatic nitrogens is 3. The molecule has 7 heteroatoms. The van der Waals surface area contributed by atoms with E-state index in [4.69, 9.17) is 9.72 Å². The number of carbonyl (C=O) groups is 2. The lowest BCUT2D eigenvalue weighted by molar-refractivity contribution is 0.101. The van der Waals surface area contributed by atoms with Crippen molar-refractivity contribution in [1.82, 2.24) is 14.8 Å². The highest BCUT2D eigenvalue weighted by molar-refractivity contribution is 6.13. The molecule has 0 atom stereocenters. The van der Waals surface area contributed by atoms with Crippen molar-refractivity contribution < 1.29 is 14.3 Å². The van der Waals surface area contributed by atoms with Crippen LogP contribution in [-0.2, 0) is 7.05 Å². The minimum Gasteiger partial charge on any atom is -0.497 e. The van der Waals surface area contributed by atoms with E-state index in [9.17, 15) is 9.59 Å². The Morgan fingerprint density at radius 3 is 2.58 bits per heavy atom. The summed E-state index contributed by atoms with van der Waals surface area (Å²) in [4.78, 5) is 29.7. The summed E-state index contributed by atoms with van der Waals surface area (Å²) in [5, 5.41) is 8.04. The van der Waals surface area contributed by atoms with Crippen LogP contribution in [0.4, 0.5) is 5.69 Å². The standard InChI is InChI=1S/C24H22N4O3/c1-14-22-20(24(30)25-18-9-5-7-16(11-18)15(2)29)13-21(26-23(22)28(3)27-14)17-8-6-10-19(12-17)31-4/h5-13H,1-4H3,(H,25,30). The number of nitrogens with zero attached hydrogens (tertiary/aromatic N) is 3. The molecule has 0 aliphatic heterocycles. The van der Waals surface area contributed by atoms with Crippen LogP contribution in [0.15, 0.2) is 54.6 Å². The fourth-order valence-electron chi connectivity index (χ4n) is 3.57. The molecule has 0 fully saturated rings. The number of Topliss-reactive ketones (excluding diaryl/α,β-unsaturated/α-hetero) is 1. The number of anilines is 1. The molecule has 7 nitrogen and oxygen atoms in total. The molecule has 0 unspecified atom stereocenters. The van der Waals surface area contributed by atoms with Gasteiger partial charge in [0, 0.05) is 23.9 Å². The lowest BCUT2D eigenvalue weighted by Crippen LogP contribution is -2.13. The molecule has 0 aliphatic carbocycles. The Kier molecular flexibility index (Phi) is 5.25. The van der Waals surface area contributed by atoms with Gasteiger partial charge in [-0.25, -0.2) is 4.98 Å². The van der Waals surface area contributed by atoms with E-state index >= 15 is 0 Å². The SMILES string of the molecule is COc1cccc(-c2cc(C(=O)Nc3cccc(C(C)=O)c3)c3c(C)nn(C)c3n2)c1. The number of hydrogen-bond donors (Lipinski definition) is 1. The quantitative estimate of drug-likeness (QED) is 0.489. The van der Waals surface area contributed by atoms with Gasteiger partial charge in [0.15, 0.2) is 11.4 Å².